The van der Waals surface area contributed by atoms with Crippen molar-refractivity contribution >= 4 is 17.2 Å². The Labute approximate surface area is 76.7 Å². The summed E-state index contributed by atoms with van der Waals surface area (Å²) in [5.74, 6) is -0.582. The molecule has 0 saturated carbocycles. The van der Waals surface area contributed by atoms with Gasteiger partial charge in [-0.1, -0.05) is 0 Å². The van der Waals surface area contributed by atoms with Crippen LogP contribution >= 0.6 is 0 Å². The number of halogens is 2. The molecular formula is C6H6F2N4O2. The minimum atomic E-state index is -3.08. The Balaban J connectivity index is 3.50. The van der Waals surface area contributed by atoms with E-state index in [1.807, 2.05) is 0 Å². The van der Waals surface area contributed by atoms with Gasteiger partial charge in [0.15, 0.2) is 0 Å². The summed E-state index contributed by atoms with van der Waals surface area (Å²) in [6.45, 7) is 0. The van der Waals surface area contributed by atoms with Gasteiger partial charge in [0.2, 0.25) is 0 Å². The largest absolute Gasteiger partial charge is 0.392 e. The summed E-state index contributed by atoms with van der Waals surface area (Å²) in [7, 11) is 0. The van der Waals surface area contributed by atoms with Crippen LogP contribution in [0.25, 0.3) is 0 Å². The highest BCUT2D eigenvalue weighted by Crippen LogP contribution is 2.36. The second-order valence-electron chi connectivity index (χ2n) is 2.42. The molecule has 0 spiro atoms. The SMILES string of the molecule is Nc1cnc(N)c(C(F)F)c1[N+](=O)[O-]. The highest BCUT2D eigenvalue weighted by atomic mass is 19.3. The predicted molar refractivity (Wildman–Crippen MR) is 44.7 cm³/mol. The lowest BCUT2D eigenvalue weighted by Gasteiger charge is -2.05. The van der Waals surface area contributed by atoms with Crippen LogP contribution in [0.4, 0.5) is 26.0 Å². The van der Waals surface area contributed by atoms with Gasteiger partial charge in [-0.15, -0.1) is 0 Å². The molecule has 76 valence electrons. The number of nitrogens with two attached hydrogens (primary N) is 2. The molecule has 0 aliphatic rings. The van der Waals surface area contributed by atoms with E-state index in [9.17, 15) is 18.9 Å². The topological polar surface area (TPSA) is 108 Å². The number of rotatable bonds is 2. The number of pyridine rings is 1. The molecule has 0 aliphatic carbocycles. The van der Waals surface area contributed by atoms with Crippen LogP contribution in [0, 0.1) is 10.1 Å². The van der Waals surface area contributed by atoms with E-state index < -0.39 is 34.1 Å². The maximum atomic E-state index is 12.3. The number of nitrogen functional groups attached to an aromatic ring is 2. The second-order valence-corrected chi connectivity index (χ2v) is 2.42. The fourth-order valence-electron chi connectivity index (χ4n) is 0.965. The molecule has 6 nitrogen and oxygen atoms in total. The van der Waals surface area contributed by atoms with Gasteiger partial charge in [0.1, 0.15) is 17.1 Å². The zero-order valence-electron chi connectivity index (χ0n) is 6.78. The van der Waals surface area contributed by atoms with E-state index in [0.717, 1.165) is 6.20 Å². The van der Waals surface area contributed by atoms with E-state index in [0.29, 0.717) is 0 Å². The molecule has 1 aromatic rings. The van der Waals surface area contributed by atoms with Gasteiger partial charge < -0.3 is 11.5 Å². The van der Waals surface area contributed by atoms with Gasteiger partial charge in [0.25, 0.3) is 6.43 Å². The van der Waals surface area contributed by atoms with Crippen molar-refractivity contribution in [1.82, 2.24) is 4.98 Å². The zero-order chi connectivity index (χ0) is 10.9. The van der Waals surface area contributed by atoms with Crippen LogP contribution in [0.2, 0.25) is 0 Å². The van der Waals surface area contributed by atoms with Crippen LogP contribution in [0.3, 0.4) is 0 Å². The van der Waals surface area contributed by atoms with E-state index in [-0.39, 0.29) is 0 Å². The summed E-state index contributed by atoms with van der Waals surface area (Å²) < 4.78 is 24.7. The van der Waals surface area contributed by atoms with Gasteiger partial charge in [0.05, 0.1) is 11.1 Å². The third-order valence-corrected chi connectivity index (χ3v) is 1.55. The Hall–Kier alpha value is -1.99. The first-order chi connectivity index (χ1) is 6.45. The molecule has 0 unspecified atom stereocenters. The monoisotopic (exact) mass is 204 g/mol. The minimum absolute atomic E-state index is 0.431. The van der Waals surface area contributed by atoms with Gasteiger partial charge >= 0.3 is 5.69 Å². The van der Waals surface area contributed by atoms with Crippen molar-refractivity contribution < 1.29 is 13.7 Å². The Kier molecular flexibility index (Phi) is 2.45. The average molecular weight is 204 g/mol. The van der Waals surface area contributed by atoms with Crippen molar-refractivity contribution in [3.63, 3.8) is 0 Å². The first-order valence-corrected chi connectivity index (χ1v) is 3.41. The first-order valence-electron chi connectivity index (χ1n) is 3.41. The number of alkyl halides is 2. The molecule has 0 bridgehead atoms. The van der Waals surface area contributed by atoms with Crippen molar-refractivity contribution in [3.8, 4) is 0 Å². The minimum Gasteiger partial charge on any atom is -0.392 e. The third-order valence-electron chi connectivity index (χ3n) is 1.55. The molecule has 0 saturated heterocycles. The quantitative estimate of drug-likeness (QED) is 0.553. The molecular weight excluding hydrogens is 198 g/mol. The van der Waals surface area contributed by atoms with Crippen LogP contribution < -0.4 is 11.5 Å². The lowest BCUT2D eigenvalue weighted by Crippen LogP contribution is -2.06. The van der Waals surface area contributed by atoms with Gasteiger partial charge in [-0.25, -0.2) is 13.8 Å². The van der Waals surface area contributed by atoms with Crippen LogP contribution in [-0.2, 0) is 0 Å². The molecule has 4 N–H and O–H groups in total. The Morgan fingerprint density at radius 1 is 1.50 bits per heavy atom. The summed E-state index contributed by atoms with van der Waals surface area (Å²) in [5.41, 5.74) is 7.97. The van der Waals surface area contributed by atoms with Crippen LogP contribution in [0.1, 0.15) is 12.0 Å². The smallest absolute Gasteiger partial charge is 0.306 e. The molecule has 1 aromatic heterocycles. The highest BCUT2D eigenvalue weighted by Gasteiger charge is 2.28. The average Bonchev–Trinajstić information content (AvgIpc) is 2.07. The maximum Gasteiger partial charge on any atom is 0.306 e. The van der Waals surface area contributed by atoms with Crippen LogP contribution in [0.5, 0.6) is 0 Å². The molecule has 0 aromatic carbocycles. The molecule has 1 heterocycles. The molecule has 0 radical (unpaired) electrons. The number of hydrogen-bond acceptors (Lipinski definition) is 5. The number of hydrogen-bond donors (Lipinski definition) is 2. The Bertz CT molecular complexity index is 382. The third kappa shape index (κ3) is 1.53. The molecule has 0 amide bonds. The Morgan fingerprint density at radius 3 is 2.43 bits per heavy atom. The summed E-state index contributed by atoms with van der Waals surface area (Å²) in [4.78, 5) is 12.7. The van der Waals surface area contributed by atoms with Crippen LogP contribution in [-0.4, -0.2) is 9.91 Å². The van der Waals surface area contributed by atoms with E-state index in [2.05, 4.69) is 4.98 Å². The molecule has 0 aliphatic heterocycles. The number of anilines is 2. The Morgan fingerprint density at radius 2 is 2.07 bits per heavy atom. The second kappa shape index (κ2) is 3.40. The van der Waals surface area contributed by atoms with Gasteiger partial charge in [-0.2, -0.15) is 0 Å². The normalized spacial score (nSPS) is 10.5. The lowest BCUT2D eigenvalue weighted by molar-refractivity contribution is -0.385. The molecule has 14 heavy (non-hydrogen) atoms. The van der Waals surface area contributed by atoms with Crippen LogP contribution in [0.15, 0.2) is 6.20 Å². The van der Waals surface area contributed by atoms with Gasteiger partial charge in [-0.3, -0.25) is 10.1 Å². The fraction of sp³-hybridized carbons (Fsp3) is 0.167. The van der Waals surface area contributed by atoms with Gasteiger partial charge in [0, 0.05) is 0 Å². The fourth-order valence-corrected chi connectivity index (χ4v) is 0.965. The molecule has 0 atom stereocenters. The van der Waals surface area contributed by atoms with Crippen molar-refractivity contribution in [2.75, 3.05) is 11.5 Å². The van der Waals surface area contributed by atoms with E-state index in [1.165, 1.54) is 0 Å². The molecule has 1 rings (SSSR count). The van der Waals surface area contributed by atoms with Crippen molar-refractivity contribution in [2.45, 2.75) is 6.43 Å². The highest BCUT2D eigenvalue weighted by molar-refractivity contribution is 5.67. The predicted octanol–water partition coefficient (Wildman–Crippen LogP) is 1.09. The summed E-state index contributed by atoms with van der Waals surface area (Å²) >= 11 is 0. The zero-order valence-corrected chi connectivity index (χ0v) is 6.78. The van der Waals surface area contributed by atoms with Crippen molar-refractivity contribution in [2.24, 2.45) is 0 Å². The lowest BCUT2D eigenvalue weighted by atomic mass is 10.2. The van der Waals surface area contributed by atoms with E-state index >= 15 is 0 Å². The van der Waals surface area contributed by atoms with E-state index in [1.54, 1.807) is 0 Å². The molecule has 0 fully saturated rings. The van der Waals surface area contributed by atoms with E-state index in [4.69, 9.17) is 11.5 Å². The summed E-state index contributed by atoms with van der Waals surface area (Å²) in [5, 5.41) is 10.4. The number of aromatic nitrogens is 1. The first kappa shape index (κ1) is 10.1. The number of nitrogens with zero attached hydrogens (tertiary/aromatic N) is 2. The summed E-state index contributed by atoms with van der Waals surface area (Å²) in [6, 6.07) is 0. The van der Waals surface area contributed by atoms with Crippen molar-refractivity contribution in [1.29, 1.82) is 0 Å². The number of nitro groups is 1. The van der Waals surface area contributed by atoms with Gasteiger partial charge in [-0.05, 0) is 0 Å². The standard InChI is InChI=1S/C6H6F2N4O2/c7-5(8)3-4(12(13)14)2(9)1-11-6(3)10/h1,5H,9H2,(H2,10,11). The van der Waals surface area contributed by atoms with Crippen molar-refractivity contribution in [3.05, 3.63) is 21.9 Å². The maximum absolute atomic E-state index is 12.3. The molecule has 8 heteroatoms. The summed E-state index contributed by atoms with van der Waals surface area (Å²) in [6.07, 6.45) is -2.20.